The number of nitrogens with zero attached hydrogens (tertiary/aromatic N) is 1. The monoisotopic (exact) mass is 442 g/mol. The Balaban J connectivity index is 2.36. The van der Waals surface area contributed by atoms with Gasteiger partial charge in [-0.15, -0.1) is 0 Å². The van der Waals surface area contributed by atoms with E-state index in [1.165, 1.54) is 19.0 Å². The van der Waals surface area contributed by atoms with E-state index in [-0.39, 0.29) is 21.7 Å². The minimum atomic E-state index is -4.07. The molecular formula is C20H15F5N2O2S. The number of hydrogen-bond donors (Lipinski definition) is 1. The zero-order valence-electron chi connectivity index (χ0n) is 15.7. The molecule has 0 radical (unpaired) electrons. The molecule has 4 nitrogen and oxygen atoms in total. The van der Waals surface area contributed by atoms with Gasteiger partial charge in [-0.3, -0.25) is 0 Å². The lowest BCUT2D eigenvalue weighted by Gasteiger charge is -2.18. The van der Waals surface area contributed by atoms with Crippen molar-refractivity contribution < 1.29 is 30.4 Å². The normalized spacial score (nSPS) is 11.6. The Morgan fingerprint density at radius 2 is 1.20 bits per heavy atom. The Labute approximate surface area is 169 Å². The van der Waals surface area contributed by atoms with Gasteiger partial charge in [0.05, 0.1) is 10.6 Å². The summed E-state index contributed by atoms with van der Waals surface area (Å²) in [5.74, 6) is -8.06. The number of benzene rings is 3. The number of sulfonamides is 1. The second kappa shape index (κ2) is 7.69. The van der Waals surface area contributed by atoms with Gasteiger partial charge in [-0.05, 0) is 35.4 Å². The number of anilines is 1. The predicted molar refractivity (Wildman–Crippen MR) is 103 cm³/mol. The first-order valence-corrected chi connectivity index (χ1v) is 9.94. The molecule has 0 spiro atoms. The summed E-state index contributed by atoms with van der Waals surface area (Å²) in [6.45, 7) is 0. The lowest BCUT2D eigenvalue weighted by molar-refractivity contribution is 0.412. The van der Waals surface area contributed by atoms with Crippen LogP contribution in [0.3, 0.4) is 0 Å². The van der Waals surface area contributed by atoms with Gasteiger partial charge in [0.2, 0.25) is 10.0 Å². The zero-order chi connectivity index (χ0) is 22.4. The van der Waals surface area contributed by atoms with Crippen LogP contribution in [0.5, 0.6) is 0 Å². The number of rotatable bonds is 4. The van der Waals surface area contributed by atoms with Gasteiger partial charge in [0, 0.05) is 25.2 Å². The van der Waals surface area contributed by atoms with Gasteiger partial charge in [-0.2, -0.15) is 0 Å². The first-order chi connectivity index (χ1) is 13.9. The minimum Gasteiger partial charge on any atom is -0.375 e. The lowest BCUT2D eigenvalue weighted by Crippen LogP contribution is -2.12. The van der Waals surface area contributed by atoms with Crippen LogP contribution in [-0.4, -0.2) is 22.5 Å². The molecule has 0 aliphatic heterocycles. The molecule has 0 amide bonds. The molecule has 0 unspecified atom stereocenters. The molecular weight excluding hydrogens is 427 g/mol. The summed E-state index contributed by atoms with van der Waals surface area (Å²) in [5, 5.41) is 5.01. The highest BCUT2D eigenvalue weighted by Gasteiger charge is 2.28. The molecule has 3 aromatic carbocycles. The summed E-state index contributed by atoms with van der Waals surface area (Å²) in [7, 11) is -1.04. The average Bonchev–Trinajstić information content (AvgIpc) is 2.69. The average molecular weight is 442 g/mol. The van der Waals surface area contributed by atoms with Crippen LogP contribution in [0.4, 0.5) is 27.6 Å². The van der Waals surface area contributed by atoms with Gasteiger partial charge < -0.3 is 4.90 Å². The molecule has 0 aliphatic rings. The van der Waals surface area contributed by atoms with Crippen LogP contribution in [0, 0.1) is 29.1 Å². The van der Waals surface area contributed by atoms with Crippen molar-refractivity contribution in [2.24, 2.45) is 5.14 Å². The van der Waals surface area contributed by atoms with E-state index in [0.29, 0.717) is 0 Å². The summed E-state index contributed by atoms with van der Waals surface area (Å²) in [6, 6.07) is 7.43. The number of hydrogen-bond acceptors (Lipinski definition) is 3. The van der Waals surface area contributed by atoms with Crippen molar-refractivity contribution in [2.75, 3.05) is 19.0 Å². The molecule has 10 heteroatoms. The molecule has 0 saturated carbocycles. The summed E-state index contributed by atoms with van der Waals surface area (Å²) in [5.41, 5.74) is -1.53. The standard InChI is InChI=1S/C20H15F5N2O2S/c1-27(2)14-9-11(5-8-13(14)21)16-15(17(22)19(24)20(25)18(16)23)10-3-6-12(7-4-10)30(26,28)29/h3-9H,1-2H3,(H2,26,28,29). The van der Waals surface area contributed by atoms with E-state index in [0.717, 1.165) is 42.5 Å². The van der Waals surface area contributed by atoms with Crippen LogP contribution in [-0.2, 0) is 10.0 Å². The van der Waals surface area contributed by atoms with Crippen LogP contribution in [0.25, 0.3) is 22.3 Å². The Morgan fingerprint density at radius 3 is 1.67 bits per heavy atom. The van der Waals surface area contributed by atoms with Crippen LogP contribution in [0.15, 0.2) is 47.4 Å². The Hall–Kier alpha value is -2.98. The van der Waals surface area contributed by atoms with Crippen LogP contribution in [0.1, 0.15) is 0 Å². The van der Waals surface area contributed by atoms with Crippen molar-refractivity contribution in [3.63, 3.8) is 0 Å². The smallest absolute Gasteiger partial charge is 0.238 e. The number of halogens is 5. The second-order valence-corrected chi connectivity index (χ2v) is 8.20. The molecule has 0 aromatic heterocycles. The molecule has 0 heterocycles. The molecule has 0 fully saturated rings. The summed E-state index contributed by atoms with van der Waals surface area (Å²) in [6.07, 6.45) is 0. The van der Waals surface area contributed by atoms with Crippen molar-refractivity contribution in [1.29, 1.82) is 0 Å². The maximum absolute atomic E-state index is 14.8. The van der Waals surface area contributed by atoms with E-state index in [1.807, 2.05) is 0 Å². The fourth-order valence-electron chi connectivity index (χ4n) is 3.00. The van der Waals surface area contributed by atoms with Crippen molar-refractivity contribution in [3.05, 3.63) is 71.6 Å². The number of nitrogens with two attached hydrogens (primary N) is 1. The van der Waals surface area contributed by atoms with Crippen molar-refractivity contribution in [3.8, 4) is 22.3 Å². The van der Waals surface area contributed by atoms with Crippen molar-refractivity contribution >= 4 is 15.7 Å². The summed E-state index contributed by atoms with van der Waals surface area (Å²) < 4.78 is 94.4. The third-order valence-electron chi connectivity index (χ3n) is 4.46. The SMILES string of the molecule is CN(C)c1cc(-c2c(F)c(F)c(F)c(F)c2-c2ccc(S(N)(=O)=O)cc2)ccc1F. The molecule has 0 atom stereocenters. The fourth-order valence-corrected chi connectivity index (χ4v) is 3.51. The Morgan fingerprint density at radius 1 is 0.733 bits per heavy atom. The van der Waals surface area contributed by atoms with E-state index in [2.05, 4.69) is 0 Å². The summed E-state index contributed by atoms with van der Waals surface area (Å²) in [4.78, 5) is 1.06. The highest BCUT2D eigenvalue weighted by molar-refractivity contribution is 7.89. The molecule has 0 saturated heterocycles. The third-order valence-corrected chi connectivity index (χ3v) is 5.38. The molecule has 2 N–H and O–H groups in total. The third kappa shape index (κ3) is 3.75. The van der Waals surface area contributed by atoms with Crippen LogP contribution >= 0.6 is 0 Å². The lowest BCUT2D eigenvalue weighted by atomic mass is 9.92. The van der Waals surface area contributed by atoms with Gasteiger partial charge in [0.1, 0.15) is 5.82 Å². The molecule has 3 rings (SSSR count). The summed E-state index contributed by atoms with van der Waals surface area (Å²) >= 11 is 0. The maximum Gasteiger partial charge on any atom is 0.238 e. The van der Waals surface area contributed by atoms with E-state index < -0.39 is 50.2 Å². The van der Waals surface area contributed by atoms with E-state index in [9.17, 15) is 30.4 Å². The zero-order valence-corrected chi connectivity index (χ0v) is 16.5. The van der Waals surface area contributed by atoms with Gasteiger partial charge >= 0.3 is 0 Å². The molecule has 0 aliphatic carbocycles. The molecule has 0 bridgehead atoms. The van der Waals surface area contributed by atoms with Gasteiger partial charge in [0.15, 0.2) is 23.3 Å². The van der Waals surface area contributed by atoms with Crippen molar-refractivity contribution in [1.82, 2.24) is 0 Å². The predicted octanol–water partition coefficient (Wildman–Crippen LogP) is 4.43. The molecule has 158 valence electrons. The highest BCUT2D eigenvalue weighted by Crippen LogP contribution is 2.40. The first kappa shape index (κ1) is 21.7. The quantitative estimate of drug-likeness (QED) is 0.369. The fraction of sp³-hybridized carbons (Fsp3) is 0.100. The minimum absolute atomic E-state index is 0.00700. The van der Waals surface area contributed by atoms with E-state index in [4.69, 9.17) is 5.14 Å². The topological polar surface area (TPSA) is 63.4 Å². The largest absolute Gasteiger partial charge is 0.375 e. The van der Waals surface area contributed by atoms with Gasteiger partial charge in [0.25, 0.3) is 0 Å². The van der Waals surface area contributed by atoms with E-state index >= 15 is 0 Å². The number of primary sulfonamides is 1. The van der Waals surface area contributed by atoms with Gasteiger partial charge in [-0.25, -0.2) is 35.5 Å². The molecule has 30 heavy (non-hydrogen) atoms. The van der Waals surface area contributed by atoms with Crippen LogP contribution < -0.4 is 10.0 Å². The Kier molecular flexibility index (Phi) is 5.57. The Bertz CT molecular complexity index is 1240. The second-order valence-electron chi connectivity index (χ2n) is 6.64. The molecule has 3 aromatic rings. The van der Waals surface area contributed by atoms with E-state index in [1.54, 1.807) is 0 Å². The van der Waals surface area contributed by atoms with Gasteiger partial charge in [-0.1, -0.05) is 18.2 Å². The first-order valence-electron chi connectivity index (χ1n) is 8.40. The van der Waals surface area contributed by atoms with Crippen LogP contribution in [0.2, 0.25) is 0 Å². The highest BCUT2D eigenvalue weighted by atomic mass is 32.2. The maximum atomic E-state index is 14.8. The van der Waals surface area contributed by atoms with Crippen molar-refractivity contribution in [2.45, 2.75) is 4.90 Å².